The lowest BCUT2D eigenvalue weighted by molar-refractivity contribution is 0.415. The number of aromatic nitrogens is 2. The van der Waals surface area contributed by atoms with E-state index in [0.717, 1.165) is 32.8 Å². The summed E-state index contributed by atoms with van der Waals surface area (Å²) < 4.78 is 6.41. The van der Waals surface area contributed by atoms with Crippen LogP contribution in [0.4, 0.5) is 10.3 Å². The molecule has 0 radical (unpaired) electrons. The lowest BCUT2D eigenvalue weighted by Gasteiger charge is -2.01. The van der Waals surface area contributed by atoms with Crippen LogP contribution < -0.4 is 10.1 Å². The number of thioether (sulfide) groups is 1. The zero-order valence-corrected chi connectivity index (χ0v) is 17.0. The van der Waals surface area contributed by atoms with Crippen molar-refractivity contribution in [2.75, 3.05) is 18.7 Å². The first kappa shape index (κ1) is 17.3. The molecule has 0 fully saturated rings. The van der Waals surface area contributed by atoms with E-state index in [4.69, 9.17) is 9.72 Å². The molecule has 4 nitrogen and oxygen atoms in total. The van der Waals surface area contributed by atoms with E-state index in [-0.39, 0.29) is 0 Å². The summed E-state index contributed by atoms with van der Waals surface area (Å²) in [5.41, 5.74) is 3.09. The molecule has 26 heavy (non-hydrogen) atoms. The van der Waals surface area contributed by atoms with Crippen LogP contribution in [0.1, 0.15) is 4.88 Å². The van der Waals surface area contributed by atoms with Gasteiger partial charge in [0.25, 0.3) is 0 Å². The average Bonchev–Trinajstić information content (AvgIpc) is 3.23. The Morgan fingerprint density at radius 2 is 1.77 bits per heavy atom. The van der Waals surface area contributed by atoms with E-state index in [1.54, 1.807) is 41.5 Å². The summed E-state index contributed by atoms with van der Waals surface area (Å²) in [4.78, 5) is 11.8. The highest BCUT2D eigenvalue weighted by Crippen LogP contribution is 2.35. The number of ether oxygens (including phenoxy) is 1. The first-order chi connectivity index (χ1) is 12.7. The second-order valence-electron chi connectivity index (χ2n) is 5.63. The lowest BCUT2D eigenvalue weighted by atomic mass is 10.1. The number of nitrogens with one attached hydrogen (secondary N) is 1. The van der Waals surface area contributed by atoms with Gasteiger partial charge in [0, 0.05) is 15.3 Å². The van der Waals surface area contributed by atoms with Crippen LogP contribution >= 0.6 is 34.4 Å². The Balaban J connectivity index is 1.60. The van der Waals surface area contributed by atoms with Gasteiger partial charge in [-0.1, -0.05) is 11.3 Å². The fourth-order valence-electron chi connectivity index (χ4n) is 2.64. The fourth-order valence-corrected chi connectivity index (χ4v) is 4.96. The van der Waals surface area contributed by atoms with Gasteiger partial charge in [-0.25, -0.2) is 9.97 Å². The number of hydrogen-bond acceptors (Lipinski definition) is 7. The Bertz CT molecular complexity index is 1050. The molecular formula is C19H17N3OS3. The topological polar surface area (TPSA) is 47.0 Å². The number of nitrogens with zero attached hydrogens (tertiary/aromatic N) is 2. The van der Waals surface area contributed by atoms with Crippen LogP contribution in [0.5, 0.6) is 5.75 Å². The SMILES string of the molecule is COc1ccc(-c2nc(Nc3nc4ccc(SC)cc4s3)sc2C)cc1. The normalized spacial score (nSPS) is 11.0. The molecule has 0 amide bonds. The van der Waals surface area contributed by atoms with Gasteiger partial charge in [-0.15, -0.1) is 23.1 Å². The number of aryl methyl sites for hydroxylation is 1. The predicted octanol–water partition coefficient (Wildman–Crippen LogP) is 6.20. The van der Waals surface area contributed by atoms with Crippen LogP contribution in [0, 0.1) is 6.92 Å². The van der Waals surface area contributed by atoms with Gasteiger partial charge >= 0.3 is 0 Å². The summed E-state index contributed by atoms with van der Waals surface area (Å²) in [5, 5.41) is 5.10. The number of fused-ring (bicyclic) bond motifs is 1. The summed E-state index contributed by atoms with van der Waals surface area (Å²) in [7, 11) is 1.67. The second-order valence-corrected chi connectivity index (χ2v) is 8.74. The molecular weight excluding hydrogens is 382 g/mol. The van der Waals surface area contributed by atoms with Crippen LogP contribution in [-0.2, 0) is 0 Å². The maximum Gasteiger partial charge on any atom is 0.190 e. The van der Waals surface area contributed by atoms with Crippen molar-refractivity contribution < 1.29 is 4.74 Å². The number of benzene rings is 2. The molecule has 0 spiro atoms. The minimum atomic E-state index is 0.846. The van der Waals surface area contributed by atoms with Gasteiger partial charge in [0.05, 0.1) is 23.0 Å². The number of methoxy groups -OCH3 is 1. The smallest absolute Gasteiger partial charge is 0.190 e. The molecule has 0 aliphatic carbocycles. The highest BCUT2D eigenvalue weighted by molar-refractivity contribution is 7.98. The van der Waals surface area contributed by atoms with Crippen molar-refractivity contribution in [2.24, 2.45) is 0 Å². The largest absolute Gasteiger partial charge is 0.497 e. The molecule has 4 aromatic rings. The van der Waals surface area contributed by atoms with Crippen molar-refractivity contribution in [1.29, 1.82) is 0 Å². The molecule has 0 saturated heterocycles. The number of rotatable bonds is 5. The van der Waals surface area contributed by atoms with Crippen LogP contribution in [-0.4, -0.2) is 23.3 Å². The third kappa shape index (κ3) is 3.42. The molecule has 132 valence electrons. The van der Waals surface area contributed by atoms with Crippen molar-refractivity contribution in [3.05, 3.63) is 47.3 Å². The van der Waals surface area contributed by atoms with Gasteiger partial charge in [-0.05, 0) is 55.6 Å². The molecule has 0 atom stereocenters. The maximum atomic E-state index is 5.23. The first-order valence-corrected chi connectivity index (χ1v) is 10.9. The molecule has 2 heterocycles. The second kappa shape index (κ2) is 7.26. The summed E-state index contributed by atoms with van der Waals surface area (Å²) in [6, 6.07) is 14.3. The zero-order chi connectivity index (χ0) is 18.1. The summed E-state index contributed by atoms with van der Waals surface area (Å²) in [6.45, 7) is 2.09. The molecule has 7 heteroatoms. The van der Waals surface area contributed by atoms with Gasteiger partial charge in [-0.2, -0.15) is 0 Å². The molecule has 4 rings (SSSR count). The van der Waals surface area contributed by atoms with Gasteiger partial charge in [0.2, 0.25) is 0 Å². The first-order valence-electron chi connectivity index (χ1n) is 8.00. The van der Waals surface area contributed by atoms with E-state index in [0.29, 0.717) is 0 Å². The maximum absolute atomic E-state index is 5.23. The Morgan fingerprint density at radius 1 is 1.00 bits per heavy atom. The zero-order valence-electron chi connectivity index (χ0n) is 14.6. The van der Waals surface area contributed by atoms with Crippen molar-refractivity contribution in [3.63, 3.8) is 0 Å². The van der Waals surface area contributed by atoms with E-state index < -0.39 is 0 Å². The molecule has 0 saturated carbocycles. The van der Waals surface area contributed by atoms with Gasteiger partial charge < -0.3 is 10.1 Å². The molecule has 2 aromatic carbocycles. The average molecular weight is 400 g/mol. The third-order valence-corrected chi connectivity index (χ3v) is 6.51. The van der Waals surface area contributed by atoms with Crippen LogP contribution in [0.15, 0.2) is 47.4 Å². The van der Waals surface area contributed by atoms with Crippen molar-refractivity contribution in [1.82, 2.24) is 9.97 Å². The van der Waals surface area contributed by atoms with E-state index in [2.05, 4.69) is 41.7 Å². The van der Waals surface area contributed by atoms with E-state index in [9.17, 15) is 0 Å². The quantitative estimate of drug-likeness (QED) is 0.405. The molecule has 0 unspecified atom stereocenters. The van der Waals surface area contributed by atoms with E-state index in [1.807, 2.05) is 24.3 Å². The third-order valence-electron chi connectivity index (χ3n) is 3.97. The van der Waals surface area contributed by atoms with Crippen molar-refractivity contribution in [3.8, 4) is 17.0 Å². The lowest BCUT2D eigenvalue weighted by Crippen LogP contribution is -1.88. The monoisotopic (exact) mass is 399 g/mol. The number of thiazole rings is 2. The standard InChI is InChI=1S/C19H17N3OS3/c1-11-17(12-4-6-13(23-2)7-5-12)21-19(25-11)22-18-20-15-9-8-14(24-3)10-16(15)26-18/h4-10H,1-3H3,(H,20,21,22). The minimum absolute atomic E-state index is 0.846. The highest BCUT2D eigenvalue weighted by atomic mass is 32.2. The molecule has 1 N–H and O–H groups in total. The van der Waals surface area contributed by atoms with E-state index >= 15 is 0 Å². The molecule has 0 aliphatic rings. The molecule has 2 aromatic heterocycles. The number of anilines is 2. The summed E-state index contributed by atoms with van der Waals surface area (Å²) in [6.07, 6.45) is 2.08. The van der Waals surface area contributed by atoms with Gasteiger partial charge in [0.1, 0.15) is 5.75 Å². The van der Waals surface area contributed by atoms with Crippen molar-refractivity contribution >= 4 is 54.9 Å². The van der Waals surface area contributed by atoms with Crippen molar-refractivity contribution in [2.45, 2.75) is 11.8 Å². The summed E-state index contributed by atoms with van der Waals surface area (Å²) in [5.74, 6) is 0.846. The fraction of sp³-hybridized carbons (Fsp3) is 0.158. The Hall–Kier alpha value is -2.09. The highest BCUT2D eigenvalue weighted by Gasteiger charge is 2.12. The number of hydrogen-bond donors (Lipinski definition) is 1. The minimum Gasteiger partial charge on any atom is -0.497 e. The van der Waals surface area contributed by atoms with Crippen LogP contribution in [0.3, 0.4) is 0 Å². The Labute approximate surface area is 164 Å². The van der Waals surface area contributed by atoms with Gasteiger partial charge in [-0.3, -0.25) is 0 Å². The Morgan fingerprint density at radius 3 is 2.50 bits per heavy atom. The Kier molecular flexibility index (Phi) is 4.84. The van der Waals surface area contributed by atoms with E-state index in [1.165, 1.54) is 14.5 Å². The summed E-state index contributed by atoms with van der Waals surface area (Å²) >= 11 is 5.03. The molecule has 0 bridgehead atoms. The van der Waals surface area contributed by atoms with Gasteiger partial charge in [0.15, 0.2) is 10.3 Å². The molecule has 0 aliphatic heterocycles. The predicted molar refractivity (Wildman–Crippen MR) is 114 cm³/mol. The van der Waals surface area contributed by atoms with Crippen LogP contribution in [0.2, 0.25) is 0 Å². The van der Waals surface area contributed by atoms with Crippen LogP contribution in [0.25, 0.3) is 21.5 Å².